The topological polar surface area (TPSA) is 23.6 Å². The fraction of sp³-hybridized carbons (Fsp3) is 0.462. The van der Waals surface area contributed by atoms with Crippen molar-refractivity contribution in [1.82, 2.24) is 9.80 Å². The molecule has 1 amide bonds. The molecule has 16 heavy (non-hydrogen) atoms. The molecule has 0 N–H and O–H groups in total. The lowest BCUT2D eigenvalue weighted by atomic mass is 10.0. The van der Waals surface area contributed by atoms with Gasteiger partial charge >= 0.3 is 0 Å². The molecule has 1 aliphatic heterocycles. The van der Waals surface area contributed by atoms with Crippen LogP contribution in [0.4, 0.5) is 0 Å². The highest BCUT2D eigenvalue weighted by atomic mass is 16.1. The number of piperazine rings is 1. The highest BCUT2D eigenvalue weighted by Gasteiger charge is 2.23. The van der Waals surface area contributed by atoms with Crippen LogP contribution in [0.1, 0.15) is 5.56 Å². The largest absolute Gasteiger partial charge is 0.339 e. The van der Waals surface area contributed by atoms with Crippen molar-refractivity contribution in [3.63, 3.8) is 0 Å². The summed E-state index contributed by atoms with van der Waals surface area (Å²) in [4.78, 5) is 15.2. The van der Waals surface area contributed by atoms with Gasteiger partial charge in [0.15, 0.2) is 0 Å². The Morgan fingerprint density at radius 2 is 2.06 bits per heavy atom. The summed E-state index contributed by atoms with van der Waals surface area (Å²) in [5, 5.41) is 0. The third kappa shape index (κ3) is 2.61. The molecular formula is C13H18N2O. The van der Waals surface area contributed by atoms with Gasteiger partial charge in [0.1, 0.15) is 0 Å². The molecule has 0 spiro atoms. The van der Waals surface area contributed by atoms with E-state index in [1.807, 2.05) is 23.1 Å². The SMILES string of the molecule is CN1CCN(C=O)C(Cc2ccccc2)C1. The van der Waals surface area contributed by atoms with E-state index < -0.39 is 0 Å². The van der Waals surface area contributed by atoms with Gasteiger partial charge in [-0.15, -0.1) is 0 Å². The normalized spacial score (nSPS) is 22.1. The Morgan fingerprint density at radius 3 is 2.75 bits per heavy atom. The average molecular weight is 218 g/mol. The summed E-state index contributed by atoms with van der Waals surface area (Å²) in [6.45, 7) is 2.79. The molecule has 1 fully saturated rings. The molecule has 3 heteroatoms. The second kappa shape index (κ2) is 5.12. The summed E-state index contributed by atoms with van der Waals surface area (Å²) < 4.78 is 0. The number of hydrogen-bond acceptors (Lipinski definition) is 2. The van der Waals surface area contributed by atoms with Gasteiger partial charge in [0.25, 0.3) is 0 Å². The lowest BCUT2D eigenvalue weighted by molar-refractivity contribution is -0.122. The molecule has 0 radical (unpaired) electrons. The minimum absolute atomic E-state index is 0.318. The van der Waals surface area contributed by atoms with Crippen molar-refractivity contribution in [3.05, 3.63) is 35.9 Å². The maximum absolute atomic E-state index is 11.0. The highest BCUT2D eigenvalue weighted by Crippen LogP contribution is 2.12. The van der Waals surface area contributed by atoms with Crippen LogP contribution >= 0.6 is 0 Å². The first kappa shape index (κ1) is 11.1. The zero-order chi connectivity index (χ0) is 11.4. The van der Waals surface area contributed by atoms with Gasteiger partial charge in [-0.1, -0.05) is 30.3 Å². The van der Waals surface area contributed by atoms with Crippen molar-refractivity contribution >= 4 is 6.41 Å². The average Bonchev–Trinajstić information content (AvgIpc) is 2.31. The summed E-state index contributed by atoms with van der Waals surface area (Å²) in [6, 6.07) is 10.7. The van der Waals surface area contributed by atoms with E-state index in [0.717, 1.165) is 32.5 Å². The third-order valence-electron chi connectivity index (χ3n) is 3.18. The van der Waals surface area contributed by atoms with Gasteiger partial charge < -0.3 is 9.80 Å². The Labute approximate surface area is 96.7 Å². The number of nitrogens with zero attached hydrogens (tertiary/aromatic N) is 2. The van der Waals surface area contributed by atoms with Crippen molar-refractivity contribution < 1.29 is 4.79 Å². The molecule has 3 nitrogen and oxygen atoms in total. The first-order chi connectivity index (χ1) is 7.79. The van der Waals surface area contributed by atoms with Crippen LogP contribution in [0, 0.1) is 0 Å². The predicted molar refractivity (Wildman–Crippen MR) is 64.2 cm³/mol. The molecule has 1 saturated heterocycles. The second-order valence-electron chi connectivity index (χ2n) is 4.45. The number of hydrogen-bond donors (Lipinski definition) is 0. The Balaban J connectivity index is 2.03. The Morgan fingerprint density at radius 1 is 1.31 bits per heavy atom. The summed E-state index contributed by atoms with van der Waals surface area (Å²) in [5.74, 6) is 0. The predicted octanol–water partition coefficient (Wildman–Crippen LogP) is 1.00. The first-order valence-electron chi connectivity index (χ1n) is 5.73. The third-order valence-corrected chi connectivity index (χ3v) is 3.18. The lowest BCUT2D eigenvalue weighted by Crippen LogP contribution is -2.52. The van der Waals surface area contributed by atoms with Gasteiger partial charge in [-0.2, -0.15) is 0 Å². The standard InChI is InChI=1S/C13H18N2O/c1-14-7-8-15(11-16)13(10-14)9-12-5-3-2-4-6-12/h2-6,11,13H,7-10H2,1H3. The van der Waals surface area contributed by atoms with Crippen LogP contribution in [0.25, 0.3) is 0 Å². The van der Waals surface area contributed by atoms with Gasteiger partial charge in [-0.05, 0) is 19.0 Å². The fourth-order valence-corrected chi connectivity index (χ4v) is 2.23. The Kier molecular flexibility index (Phi) is 3.57. The summed E-state index contributed by atoms with van der Waals surface area (Å²) in [7, 11) is 2.11. The monoisotopic (exact) mass is 218 g/mol. The number of carbonyl (C=O) groups excluding carboxylic acids is 1. The minimum Gasteiger partial charge on any atom is -0.339 e. The molecule has 86 valence electrons. The molecule has 1 aromatic carbocycles. The van der Waals surface area contributed by atoms with Crippen molar-refractivity contribution in [2.45, 2.75) is 12.5 Å². The number of rotatable bonds is 3. The van der Waals surface area contributed by atoms with Crippen LogP contribution in [0.2, 0.25) is 0 Å². The Hall–Kier alpha value is -1.35. The summed E-state index contributed by atoms with van der Waals surface area (Å²) >= 11 is 0. The molecule has 1 unspecified atom stereocenters. The zero-order valence-electron chi connectivity index (χ0n) is 9.67. The molecule has 1 aliphatic rings. The van der Waals surface area contributed by atoms with Crippen LogP contribution in [-0.4, -0.2) is 48.9 Å². The van der Waals surface area contributed by atoms with E-state index in [0.29, 0.717) is 6.04 Å². The summed E-state index contributed by atoms with van der Waals surface area (Å²) in [6.07, 6.45) is 1.94. The molecule has 1 heterocycles. The molecule has 1 aromatic rings. The van der Waals surface area contributed by atoms with Crippen LogP contribution in [0.5, 0.6) is 0 Å². The van der Waals surface area contributed by atoms with E-state index >= 15 is 0 Å². The molecule has 1 atom stereocenters. The zero-order valence-corrected chi connectivity index (χ0v) is 9.67. The maximum atomic E-state index is 11.0. The van der Waals surface area contributed by atoms with Crippen molar-refractivity contribution in [1.29, 1.82) is 0 Å². The van der Waals surface area contributed by atoms with Crippen LogP contribution in [-0.2, 0) is 11.2 Å². The van der Waals surface area contributed by atoms with E-state index in [2.05, 4.69) is 24.1 Å². The van der Waals surface area contributed by atoms with E-state index in [-0.39, 0.29) is 0 Å². The number of likely N-dealkylation sites (N-methyl/N-ethyl adjacent to an activating group) is 1. The van der Waals surface area contributed by atoms with Crippen molar-refractivity contribution in [2.75, 3.05) is 26.7 Å². The molecule has 0 bridgehead atoms. The smallest absolute Gasteiger partial charge is 0.210 e. The summed E-state index contributed by atoms with van der Waals surface area (Å²) in [5.41, 5.74) is 1.30. The molecule has 0 aromatic heterocycles. The fourth-order valence-electron chi connectivity index (χ4n) is 2.23. The quantitative estimate of drug-likeness (QED) is 0.707. The molecule has 0 saturated carbocycles. The van der Waals surface area contributed by atoms with Gasteiger partial charge in [0, 0.05) is 25.7 Å². The molecular weight excluding hydrogens is 200 g/mol. The van der Waals surface area contributed by atoms with Gasteiger partial charge in [0.05, 0.1) is 0 Å². The van der Waals surface area contributed by atoms with Crippen LogP contribution in [0.3, 0.4) is 0 Å². The molecule has 2 rings (SSSR count). The van der Waals surface area contributed by atoms with Crippen LogP contribution < -0.4 is 0 Å². The van der Waals surface area contributed by atoms with Crippen molar-refractivity contribution in [2.24, 2.45) is 0 Å². The number of amides is 1. The van der Waals surface area contributed by atoms with Gasteiger partial charge in [-0.25, -0.2) is 0 Å². The maximum Gasteiger partial charge on any atom is 0.210 e. The van der Waals surface area contributed by atoms with Crippen LogP contribution in [0.15, 0.2) is 30.3 Å². The van der Waals surface area contributed by atoms with E-state index in [4.69, 9.17) is 0 Å². The van der Waals surface area contributed by atoms with E-state index in [1.165, 1.54) is 5.56 Å². The number of benzene rings is 1. The number of carbonyl (C=O) groups is 1. The second-order valence-corrected chi connectivity index (χ2v) is 4.45. The highest BCUT2D eigenvalue weighted by molar-refractivity contribution is 5.48. The van der Waals surface area contributed by atoms with Gasteiger partial charge in [0.2, 0.25) is 6.41 Å². The van der Waals surface area contributed by atoms with E-state index in [9.17, 15) is 4.79 Å². The van der Waals surface area contributed by atoms with Crippen molar-refractivity contribution in [3.8, 4) is 0 Å². The van der Waals surface area contributed by atoms with Gasteiger partial charge in [-0.3, -0.25) is 4.79 Å². The minimum atomic E-state index is 0.318. The Bertz CT molecular complexity index is 339. The first-order valence-corrected chi connectivity index (χ1v) is 5.73. The lowest BCUT2D eigenvalue weighted by Gasteiger charge is -2.37. The van der Waals surface area contributed by atoms with E-state index in [1.54, 1.807) is 0 Å². The molecule has 0 aliphatic carbocycles.